The molecule has 4 aliphatic rings. The zero-order valence-corrected chi connectivity index (χ0v) is 33.3. The number of carbonyl (C=O) groups excluding carboxylic acids is 3. The van der Waals surface area contributed by atoms with Crippen LogP contribution in [0.4, 0.5) is 0 Å². The van der Waals surface area contributed by atoms with Crippen molar-refractivity contribution in [1.82, 2.24) is 0 Å². The van der Waals surface area contributed by atoms with Crippen molar-refractivity contribution in [3.8, 4) is 11.5 Å². The average Bonchev–Trinajstić information content (AvgIpc) is 3.16. The van der Waals surface area contributed by atoms with Crippen molar-refractivity contribution in [2.24, 2.45) is 29.6 Å². The minimum absolute atomic E-state index is 0.0391. The summed E-state index contributed by atoms with van der Waals surface area (Å²) in [5, 5.41) is 0. The summed E-state index contributed by atoms with van der Waals surface area (Å²) in [5.74, 6) is 5.63. The van der Waals surface area contributed by atoms with Crippen LogP contribution >= 0.6 is 0 Å². The van der Waals surface area contributed by atoms with Gasteiger partial charge in [0.1, 0.15) is 17.6 Å². The number of benzene rings is 2. The standard InChI is InChI=1S/C32H48O4.C15H20O2/c1-3-4-5-6-24-7-9-25(10-8-24)26-11-13-29(14-12-26)32(34)36-31-21-17-28(18-22-31)27-15-19-30(20-16-27)35-23(2)33;1-11-3-5-13(6-4-11)14-7-9-15(10-8-14)17-12(2)16/h17-18,21-22,24-27,29-30H,3-16,19-20H2,1-2H3;7-11,13H,3-6H2,1-2H3. The van der Waals surface area contributed by atoms with Gasteiger partial charge in [-0.2, -0.15) is 0 Å². The number of esters is 3. The summed E-state index contributed by atoms with van der Waals surface area (Å²) in [7, 11) is 0. The summed E-state index contributed by atoms with van der Waals surface area (Å²) in [5.41, 5.74) is 2.67. The number of hydrogen-bond acceptors (Lipinski definition) is 6. The Morgan fingerprint density at radius 1 is 0.566 bits per heavy atom. The van der Waals surface area contributed by atoms with Gasteiger partial charge in [-0.3, -0.25) is 14.4 Å². The maximum absolute atomic E-state index is 12.9. The summed E-state index contributed by atoms with van der Waals surface area (Å²) in [4.78, 5) is 34.9. The predicted octanol–water partition coefficient (Wildman–Crippen LogP) is 12.3. The third kappa shape index (κ3) is 13.3. The fourth-order valence-corrected chi connectivity index (χ4v) is 9.78. The molecular formula is C47H68O6. The van der Waals surface area contributed by atoms with Crippen LogP contribution in [0.15, 0.2) is 48.5 Å². The van der Waals surface area contributed by atoms with Crippen molar-refractivity contribution in [1.29, 1.82) is 0 Å². The van der Waals surface area contributed by atoms with Gasteiger partial charge in [-0.1, -0.05) is 89.5 Å². The summed E-state index contributed by atoms with van der Waals surface area (Å²) >= 11 is 0. The van der Waals surface area contributed by atoms with Gasteiger partial charge in [-0.05, 0) is 148 Å². The number of unbranched alkanes of at least 4 members (excludes halogenated alkanes) is 2. The van der Waals surface area contributed by atoms with Gasteiger partial charge in [-0.25, -0.2) is 0 Å². The van der Waals surface area contributed by atoms with Crippen LogP contribution in [0, 0.1) is 29.6 Å². The Bertz CT molecular complexity index is 1380. The second kappa shape index (κ2) is 21.1. The number of rotatable bonds is 11. The van der Waals surface area contributed by atoms with E-state index in [9.17, 15) is 14.4 Å². The lowest BCUT2D eigenvalue weighted by Gasteiger charge is -2.37. The first-order chi connectivity index (χ1) is 25.7. The van der Waals surface area contributed by atoms with Gasteiger partial charge < -0.3 is 14.2 Å². The molecule has 0 heterocycles. The molecule has 4 fully saturated rings. The molecule has 53 heavy (non-hydrogen) atoms. The molecule has 0 atom stereocenters. The Labute approximate surface area is 320 Å². The molecular weight excluding hydrogens is 661 g/mol. The van der Waals surface area contributed by atoms with Gasteiger partial charge in [0.25, 0.3) is 0 Å². The van der Waals surface area contributed by atoms with E-state index in [1.807, 2.05) is 24.3 Å². The average molecular weight is 729 g/mol. The van der Waals surface area contributed by atoms with Crippen LogP contribution in [0.1, 0.15) is 179 Å². The van der Waals surface area contributed by atoms with Gasteiger partial charge in [0, 0.05) is 13.8 Å². The highest BCUT2D eigenvalue weighted by Crippen LogP contribution is 2.43. The van der Waals surface area contributed by atoms with E-state index in [0.717, 1.165) is 62.2 Å². The molecule has 4 aliphatic carbocycles. The normalized spacial score (nSPS) is 28.8. The zero-order valence-electron chi connectivity index (χ0n) is 33.3. The van der Waals surface area contributed by atoms with Gasteiger partial charge >= 0.3 is 17.9 Å². The van der Waals surface area contributed by atoms with Crippen LogP contribution in [0.5, 0.6) is 11.5 Å². The van der Waals surface area contributed by atoms with Crippen molar-refractivity contribution in [2.45, 2.75) is 174 Å². The van der Waals surface area contributed by atoms with Gasteiger partial charge in [0.05, 0.1) is 5.92 Å². The molecule has 0 spiro atoms. The Hall–Kier alpha value is -3.15. The van der Waals surface area contributed by atoms with Gasteiger partial charge in [-0.15, -0.1) is 0 Å². The molecule has 0 saturated heterocycles. The highest BCUT2D eigenvalue weighted by molar-refractivity contribution is 5.75. The first-order valence-corrected chi connectivity index (χ1v) is 21.4. The Morgan fingerprint density at radius 3 is 1.55 bits per heavy atom. The molecule has 2 aromatic carbocycles. The summed E-state index contributed by atoms with van der Waals surface area (Å²) in [6, 6.07) is 16.1. The summed E-state index contributed by atoms with van der Waals surface area (Å²) in [6.45, 7) is 7.54. The fourth-order valence-electron chi connectivity index (χ4n) is 9.78. The van der Waals surface area contributed by atoms with Gasteiger partial charge in [0.2, 0.25) is 0 Å². The quantitative estimate of drug-likeness (QED) is 0.130. The fraction of sp³-hybridized carbons (Fsp3) is 0.681. The van der Waals surface area contributed by atoms with Crippen molar-refractivity contribution >= 4 is 17.9 Å². The Kier molecular flexibility index (Phi) is 16.3. The molecule has 2 aromatic rings. The van der Waals surface area contributed by atoms with Crippen molar-refractivity contribution in [3.63, 3.8) is 0 Å². The van der Waals surface area contributed by atoms with E-state index in [0.29, 0.717) is 23.3 Å². The Morgan fingerprint density at radius 2 is 1.06 bits per heavy atom. The molecule has 292 valence electrons. The monoisotopic (exact) mass is 729 g/mol. The van der Waals surface area contributed by atoms with Crippen LogP contribution in [-0.4, -0.2) is 24.0 Å². The SMILES string of the molecule is CC(=O)Oc1ccc(C2CCC(C)CC2)cc1.CCCCCC1CCC(C2CCC(C(=O)Oc3ccc(C4CCC(OC(C)=O)CC4)cc3)CC2)CC1. The summed E-state index contributed by atoms with van der Waals surface area (Å²) < 4.78 is 16.2. The Balaban J connectivity index is 0.000000265. The van der Waals surface area contributed by atoms with Crippen LogP contribution in [-0.2, 0) is 19.1 Å². The van der Waals surface area contributed by atoms with Crippen LogP contribution < -0.4 is 9.47 Å². The first-order valence-electron chi connectivity index (χ1n) is 21.4. The lowest BCUT2D eigenvalue weighted by atomic mass is 9.68. The molecule has 6 rings (SSSR count). The molecule has 6 heteroatoms. The van der Waals surface area contributed by atoms with E-state index in [-0.39, 0.29) is 29.9 Å². The lowest BCUT2D eigenvalue weighted by molar-refractivity contribution is -0.148. The number of carbonyl (C=O) groups is 3. The van der Waals surface area contributed by atoms with Crippen LogP contribution in [0.3, 0.4) is 0 Å². The molecule has 0 N–H and O–H groups in total. The van der Waals surface area contributed by atoms with E-state index in [1.54, 1.807) is 0 Å². The topological polar surface area (TPSA) is 78.9 Å². The lowest BCUT2D eigenvalue weighted by Crippen LogP contribution is -2.30. The van der Waals surface area contributed by atoms with Crippen LogP contribution in [0.2, 0.25) is 0 Å². The molecule has 0 unspecified atom stereocenters. The number of hydrogen-bond donors (Lipinski definition) is 0. The second-order valence-corrected chi connectivity index (χ2v) is 17.1. The molecule has 0 bridgehead atoms. The second-order valence-electron chi connectivity index (χ2n) is 17.1. The van der Waals surface area contributed by atoms with Crippen molar-refractivity contribution in [3.05, 3.63) is 59.7 Å². The highest BCUT2D eigenvalue weighted by atomic mass is 16.5. The molecule has 0 aromatic heterocycles. The first kappa shape index (κ1) is 41.0. The van der Waals surface area contributed by atoms with E-state index in [4.69, 9.17) is 14.2 Å². The number of ether oxygens (including phenoxy) is 3. The smallest absolute Gasteiger partial charge is 0.314 e. The largest absolute Gasteiger partial charge is 0.463 e. The minimum Gasteiger partial charge on any atom is -0.463 e. The molecule has 4 saturated carbocycles. The van der Waals surface area contributed by atoms with E-state index < -0.39 is 0 Å². The third-order valence-electron chi connectivity index (χ3n) is 13.1. The molecule has 0 amide bonds. The van der Waals surface area contributed by atoms with Crippen LogP contribution in [0.25, 0.3) is 0 Å². The molecule has 0 aliphatic heterocycles. The van der Waals surface area contributed by atoms with E-state index >= 15 is 0 Å². The summed E-state index contributed by atoms with van der Waals surface area (Å²) in [6.07, 6.45) is 24.8. The van der Waals surface area contributed by atoms with Crippen molar-refractivity contribution in [2.75, 3.05) is 0 Å². The van der Waals surface area contributed by atoms with E-state index in [2.05, 4.69) is 38.1 Å². The third-order valence-corrected chi connectivity index (χ3v) is 13.1. The zero-order chi connectivity index (χ0) is 37.6. The predicted molar refractivity (Wildman–Crippen MR) is 212 cm³/mol. The van der Waals surface area contributed by atoms with Gasteiger partial charge in [0.15, 0.2) is 0 Å². The van der Waals surface area contributed by atoms with Crippen molar-refractivity contribution < 1.29 is 28.6 Å². The highest BCUT2D eigenvalue weighted by Gasteiger charge is 2.34. The molecule has 0 radical (unpaired) electrons. The minimum atomic E-state index is -0.260. The molecule has 6 nitrogen and oxygen atoms in total. The maximum Gasteiger partial charge on any atom is 0.314 e. The maximum atomic E-state index is 12.9. The van der Waals surface area contributed by atoms with E-state index in [1.165, 1.54) is 115 Å².